The third-order valence-electron chi connectivity index (χ3n) is 3.48. The van der Waals surface area contributed by atoms with E-state index in [9.17, 15) is 4.79 Å². The largest absolute Gasteiger partial charge is 0.478 e. The van der Waals surface area contributed by atoms with Crippen molar-refractivity contribution in [2.75, 3.05) is 0 Å². The lowest BCUT2D eigenvalue weighted by Crippen LogP contribution is -1.95. The molecule has 3 nitrogen and oxygen atoms in total. The zero-order chi connectivity index (χ0) is 16.8. The molecule has 0 aliphatic heterocycles. The minimum Gasteiger partial charge on any atom is -0.478 e. The summed E-state index contributed by atoms with van der Waals surface area (Å²) in [5.41, 5.74) is 2.47. The summed E-state index contributed by atoms with van der Waals surface area (Å²) in [4.78, 5) is 10.8. The molecule has 0 heterocycles. The van der Waals surface area contributed by atoms with Gasteiger partial charge in [0, 0.05) is 0 Å². The Hall–Kier alpha value is -3.33. The van der Waals surface area contributed by atoms with Crippen LogP contribution in [0.2, 0.25) is 0 Å². The maximum Gasteiger partial charge on any atom is 0.335 e. The Morgan fingerprint density at radius 2 is 1.21 bits per heavy atom. The van der Waals surface area contributed by atoms with E-state index in [1.54, 1.807) is 12.1 Å². The average Bonchev–Trinajstić information content (AvgIpc) is 2.62. The Kier molecular flexibility index (Phi) is 4.73. The molecule has 0 saturated carbocycles. The molecule has 1 N–H and O–H groups in total. The minimum absolute atomic E-state index is 0.240. The van der Waals surface area contributed by atoms with Crippen LogP contribution in [0.15, 0.2) is 78.9 Å². The molecule has 0 unspecified atom stereocenters. The first-order valence-corrected chi connectivity index (χ1v) is 7.55. The molecule has 0 radical (unpaired) electrons. The number of hydrogen-bond donors (Lipinski definition) is 1. The van der Waals surface area contributed by atoms with E-state index in [1.165, 1.54) is 12.1 Å². The van der Waals surface area contributed by atoms with Crippen molar-refractivity contribution in [1.82, 2.24) is 0 Å². The molecule has 0 saturated heterocycles. The van der Waals surface area contributed by atoms with Crippen LogP contribution in [0, 0.1) is 0 Å². The lowest BCUT2D eigenvalue weighted by atomic mass is 10.1. The van der Waals surface area contributed by atoms with Gasteiger partial charge in [-0.05, 0) is 47.5 Å². The fourth-order valence-corrected chi connectivity index (χ4v) is 2.21. The molecule has 0 spiro atoms. The van der Waals surface area contributed by atoms with E-state index in [4.69, 9.17) is 9.84 Å². The van der Waals surface area contributed by atoms with Crippen molar-refractivity contribution in [1.29, 1.82) is 0 Å². The predicted octanol–water partition coefficient (Wildman–Crippen LogP) is 5.35. The number of hydrogen-bond acceptors (Lipinski definition) is 2. The van der Waals surface area contributed by atoms with Crippen molar-refractivity contribution >= 4 is 18.1 Å². The van der Waals surface area contributed by atoms with E-state index in [0.717, 1.165) is 11.1 Å². The summed E-state index contributed by atoms with van der Waals surface area (Å²) >= 11 is 0. The van der Waals surface area contributed by atoms with Crippen LogP contribution < -0.4 is 4.74 Å². The smallest absolute Gasteiger partial charge is 0.335 e. The summed E-state index contributed by atoms with van der Waals surface area (Å²) in [6.45, 7) is 0. The van der Waals surface area contributed by atoms with Crippen molar-refractivity contribution in [3.05, 3.63) is 95.6 Å². The normalized spacial score (nSPS) is 10.7. The predicted molar refractivity (Wildman–Crippen MR) is 95.3 cm³/mol. The van der Waals surface area contributed by atoms with Gasteiger partial charge in [-0.1, -0.05) is 54.6 Å². The SMILES string of the molecule is O=C(O)c1ccc(Oc2ccc(/C=C\c3ccccc3)cc2)cc1. The lowest BCUT2D eigenvalue weighted by Gasteiger charge is -2.06. The molecule has 0 fully saturated rings. The number of rotatable bonds is 5. The molecule has 0 atom stereocenters. The Labute approximate surface area is 140 Å². The molecule has 3 rings (SSSR count). The number of carboxylic acid groups (broad SMARTS) is 1. The van der Waals surface area contributed by atoms with Crippen LogP contribution in [0.1, 0.15) is 21.5 Å². The number of carbonyl (C=O) groups is 1. The van der Waals surface area contributed by atoms with Gasteiger partial charge in [-0.25, -0.2) is 4.79 Å². The molecule has 0 aliphatic carbocycles. The van der Waals surface area contributed by atoms with Crippen LogP contribution >= 0.6 is 0 Å². The van der Waals surface area contributed by atoms with E-state index in [-0.39, 0.29) is 5.56 Å². The second kappa shape index (κ2) is 7.29. The van der Waals surface area contributed by atoms with E-state index in [1.807, 2.05) is 48.5 Å². The van der Waals surface area contributed by atoms with Crippen molar-refractivity contribution in [2.45, 2.75) is 0 Å². The maximum absolute atomic E-state index is 10.8. The molecule has 24 heavy (non-hydrogen) atoms. The lowest BCUT2D eigenvalue weighted by molar-refractivity contribution is 0.0697. The van der Waals surface area contributed by atoms with Gasteiger partial charge < -0.3 is 9.84 Å². The van der Waals surface area contributed by atoms with Crippen LogP contribution in [0.5, 0.6) is 11.5 Å². The number of carboxylic acids is 1. The average molecular weight is 316 g/mol. The van der Waals surface area contributed by atoms with Gasteiger partial charge in [-0.2, -0.15) is 0 Å². The number of benzene rings is 3. The molecule has 3 aromatic rings. The fourth-order valence-electron chi connectivity index (χ4n) is 2.21. The van der Waals surface area contributed by atoms with Crippen LogP contribution in [-0.4, -0.2) is 11.1 Å². The van der Waals surface area contributed by atoms with E-state index in [0.29, 0.717) is 11.5 Å². The number of aromatic carboxylic acids is 1. The van der Waals surface area contributed by atoms with Gasteiger partial charge in [0.05, 0.1) is 5.56 Å². The number of ether oxygens (including phenoxy) is 1. The van der Waals surface area contributed by atoms with Crippen molar-refractivity contribution in [2.24, 2.45) is 0 Å². The maximum atomic E-state index is 10.8. The van der Waals surface area contributed by atoms with Gasteiger partial charge in [0.1, 0.15) is 11.5 Å². The third kappa shape index (κ3) is 4.11. The van der Waals surface area contributed by atoms with Gasteiger partial charge in [-0.3, -0.25) is 0 Å². The Morgan fingerprint density at radius 1 is 0.708 bits per heavy atom. The summed E-state index contributed by atoms with van der Waals surface area (Å²) in [6.07, 6.45) is 4.10. The zero-order valence-electron chi connectivity index (χ0n) is 12.9. The highest BCUT2D eigenvalue weighted by Gasteiger charge is 2.03. The molecule has 0 aliphatic rings. The van der Waals surface area contributed by atoms with Gasteiger partial charge in [0.25, 0.3) is 0 Å². The molecule has 0 bridgehead atoms. The minimum atomic E-state index is -0.948. The quantitative estimate of drug-likeness (QED) is 0.646. The highest BCUT2D eigenvalue weighted by atomic mass is 16.5. The van der Waals surface area contributed by atoms with Gasteiger partial charge in [0.15, 0.2) is 0 Å². The topological polar surface area (TPSA) is 46.5 Å². The molecule has 3 aromatic carbocycles. The van der Waals surface area contributed by atoms with Gasteiger partial charge in [0.2, 0.25) is 0 Å². The van der Waals surface area contributed by atoms with Crippen molar-refractivity contribution in [3.63, 3.8) is 0 Å². The first kappa shape index (κ1) is 15.6. The van der Waals surface area contributed by atoms with Gasteiger partial charge in [-0.15, -0.1) is 0 Å². The van der Waals surface area contributed by atoms with Crippen molar-refractivity contribution < 1.29 is 14.6 Å². The molecular weight excluding hydrogens is 300 g/mol. The van der Waals surface area contributed by atoms with Crippen LogP contribution in [0.25, 0.3) is 12.2 Å². The van der Waals surface area contributed by atoms with E-state index < -0.39 is 5.97 Å². The Balaban J connectivity index is 1.66. The molecule has 118 valence electrons. The summed E-state index contributed by atoms with van der Waals surface area (Å²) in [6, 6.07) is 24.2. The Morgan fingerprint density at radius 3 is 1.75 bits per heavy atom. The molecule has 0 amide bonds. The monoisotopic (exact) mass is 316 g/mol. The fraction of sp³-hybridized carbons (Fsp3) is 0. The van der Waals surface area contributed by atoms with Crippen molar-refractivity contribution in [3.8, 4) is 11.5 Å². The first-order valence-electron chi connectivity index (χ1n) is 7.55. The van der Waals surface area contributed by atoms with Crippen LogP contribution in [0.4, 0.5) is 0 Å². The second-order valence-corrected chi connectivity index (χ2v) is 5.24. The second-order valence-electron chi connectivity index (χ2n) is 5.24. The van der Waals surface area contributed by atoms with E-state index >= 15 is 0 Å². The highest BCUT2D eigenvalue weighted by molar-refractivity contribution is 5.87. The highest BCUT2D eigenvalue weighted by Crippen LogP contribution is 2.22. The molecule has 3 heteroatoms. The summed E-state index contributed by atoms with van der Waals surface area (Å²) < 4.78 is 5.71. The van der Waals surface area contributed by atoms with Gasteiger partial charge >= 0.3 is 5.97 Å². The Bertz CT molecular complexity index is 833. The zero-order valence-corrected chi connectivity index (χ0v) is 12.9. The molecule has 0 aromatic heterocycles. The summed E-state index contributed by atoms with van der Waals surface area (Å²) in [5.74, 6) is 0.360. The third-order valence-corrected chi connectivity index (χ3v) is 3.48. The molecular formula is C21H16O3. The summed E-state index contributed by atoms with van der Waals surface area (Å²) in [7, 11) is 0. The van der Waals surface area contributed by atoms with E-state index in [2.05, 4.69) is 18.2 Å². The standard InChI is InChI=1S/C21H16O3/c22-21(23)18-10-14-20(15-11-18)24-19-12-8-17(9-13-19)7-6-16-4-2-1-3-5-16/h1-15H,(H,22,23)/b7-6-. The first-order chi connectivity index (χ1) is 11.7. The van der Waals surface area contributed by atoms with Crippen LogP contribution in [0.3, 0.4) is 0 Å². The van der Waals surface area contributed by atoms with Crippen LogP contribution in [-0.2, 0) is 0 Å². The summed E-state index contributed by atoms with van der Waals surface area (Å²) in [5, 5.41) is 8.88.